The average Bonchev–Trinajstić information content (AvgIpc) is 2.78. The van der Waals surface area contributed by atoms with Crippen molar-refractivity contribution >= 4 is 17.0 Å². The molecule has 0 amide bonds. The van der Waals surface area contributed by atoms with E-state index in [1.807, 2.05) is 0 Å². The molecular weight excluding hydrogens is 264 g/mol. The first-order valence-electron chi connectivity index (χ1n) is 6.05. The van der Waals surface area contributed by atoms with Crippen LogP contribution in [0.5, 0.6) is 0 Å². The van der Waals surface area contributed by atoms with Crippen molar-refractivity contribution in [1.29, 1.82) is 0 Å². The zero-order chi connectivity index (χ0) is 14.9. The molecule has 0 atom stereocenters. The molecule has 2 rings (SSSR count). The van der Waals surface area contributed by atoms with Gasteiger partial charge in [-0.3, -0.25) is 0 Å². The van der Waals surface area contributed by atoms with Gasteiger partial charge in [-0.2, -0.15) is 0 Å². The van der Waals surface area contributed by atoms with Crippen molar-refractivity contribution < 1.29 is 25.2 Å². The number of aromatic nitrogens is 2. The molecular formula is C13H16N2O5. The molecule has 108 valence electrons. The third-order valence-corrected chi connectivity index (χ3v) is 3.44. The van der Waals surface area contributed by atoms with E-state index in [1.54, 1.807) is 19.1 Å². The third-order valence-electron chi connectivity index (χ3n) is 3.44. The van der Waals surface area contributed by atoms with Crippen LogP contribution in [0.15, 0.2) is 18.2 Å². The second-order valence-corrected chi connectivity index (χ2v) is 4.67. The zero-order valence-corrected chi connectivity index (χ0v) is 10.9. The van der Waals surface area contributed by atoms with Crippen molar-refractivity contribution in [3.63, 3.8) is 0 Å². The number of hydrogen-bond acceptors (Lipinski definition) is 5. The molecule has 0 spiro atoms. The molecule has 0 aliphatic rings. The van der Waals surface area contributed by atoms with Crippen molar-refractivity contribution in [3.8, 4) is 0 Å². The number of carboxylic acid groups (broad SMARTS) is 1. The van der Waals surface area contributed by atoms with Crippen LogP contribution in [0.2, 0.25) is 0 Å². The number of carboxylic acids is 1. The lowest BCUT2D eigenvalue weighted by Crippen LogP contribution is -2.45. The molecule has 0 aliphatic carbocycles. The second-order valence-electron chi connectivity index (χ2n) is 4.67. The predicted octanol–water partition coefficient (Wildman–Crippen LogP) is -0.285. The van der Waals surface area contributed by atoms with Gasteiger partial charge in [0.15, 0.2) is 0 Å². The molecule has 0 radical (unpaired) electrons. The van der Waals surface area contributed by atoms with Crippen molar-refractivity contribution in [1.82, 2.24) is 9.55 Å². The summed E-state index contributed by atoms with van der Waals surface area (Å²) in [6.45, 7) is 0.137. The number of benzene rings is 1. The molecule has 0 aliphatic heterocycles. The highest BCUT2D eigenvalue weighted by molar-refractivity contribution is 6.01. The van der Waals surface area contributed by atoms with E-state index in [1.165, 1.54) is 10.6 Å². The smallest absolute Gasteiger partial charge is 0.337 e. The fraction of sp³-hybridized carbons (Fsp3) is 0.385. The number of hydrogen-bond donors (Lipinski definition) is 4. The Morgan fingerprint density at radius 1 is 1.25 bits per heavy atom. The molecule has 1 aromatic carbocycles. The van der Waals surface area contributed by atoms with Gasteiger partial charge in [0, 0.05) is 0 Å². The Labute approximate surface area is 114 Å². The summed E-state index contributed by atoms with van der Waals surface area (Å²) in [4.78, 5) is 15.4. The Balaban J connectivity index is 2.81. The molecule has 0 saturated carbocycles. The van der Waals surface area contributed by atoms with Gasteiger partial charge in [0.1, 0.15) is 16.9 Å². The largest absolute Gasteiger partial charge is 0.478 e. The molecule has 2 aromatic rings. The SMILES string of the molecule is Cc1nc2c(C(=O)O)cccc2n1C(CO)(CO)CO. The summed E-state index contributed by atoms with van der Waals surface area (Å²) < 4.78 is 1.48. The molecule has 1 heterocycles. The van der Waals surface area contributed by atoms with E-state index in [2.05, 4.69) is 4.98 Å². The van der Waals surface area contributed by atoms with Crippen LogP contribution in [0.25, 0.3) is 11.0 Å². The van der Waals surface area contributed by atoms with E-state index < -0.39 is 31.3 Å². The van der Waals surface area contributed by atoms with Gasteiger partial charge < -0.3 is 25.0 Å². The molecule has 0 saturated heterocycles. The molecule has 20 heavy (non-hydrogen) atoms. The summed E-state index contributed by atoms with van der Waals surface area (Å²) in [5.74, 6) is -0.700. The number of rotatable bonds is 5. The lowest BCUT2D eigenvalue weighted by molar-refractivity contribution is 0.0166. The van der Waals surface area contributed by atoms with Gasteiger partial charge in [0.2, 0.25) is 0 Å². The fourth-order valence-electron chi connectivity index (χ4n) is 2.35. The van der Waals surface area contributed by atoms with Crippen LogP contribution < -0.4 is 0 Å². The van der Waals surface area contributed by atoms with Gasteiger partial charge >= 0.3 is 5.97 Å². The summed E-state index contributed by atoms with van der Waals surface area (Å²) in [5.41, 5.74) is -0.584. The Kier molecular flexibility index (Phi) is 3.76. The Bertz CT molecular complexity index is 637. The number of carbonyl (C=O) groups is 1. The van der Waals surface area contributed by atoms with E-state index in [-0.39, 0.29) is 11.1 Å². The van der Waals surface area contributed by atoms with E-state index in [4.69, 9.17) is 5.11 Å². The average molecular weight is 280 g/mol. The van der Waals surface area contributed by atoms with Gasteiger partial charge in [0.25, 0.3) is 0 Å². The maximum Gasteiger partial charge on any atom is 0.337 e. The highest BCUT2D eigenvalue weighted by Gasteiger charge is 2.34. The van der Waals surface area contributed by atoms with Crippen LogP contribution in [0.3, 0.4) is 0 Å². The monoisotopic (exact) mass is 280 g/mol. The van der Waals surface area contributed by atoms with Gasteiger partial charge in [0.05, 0.1) is 30.9 Å². The van der Waals surface area contributed by atoms with Gasteiger partial charge in [-0.05, 0) is 19.1 Å². The van der Waals surface area contributed by atoms with Crippen LogP contribution >= 0.6 is 0 Å². The maximum atomic E-state index is 11.2. The Hall–Kier alpha value is -1.96. The van der Waals surface area contributed by atoms with Gasteiger partial charge in [-0.25, -0.2) is 9.78 Å². The van der Waals surface area contributed by atoms with Crippen LogP contribution in [-0.2, 0) is 5.54 Å². The minimum atomic E-state index is -1.32. The maximum absolute atomic E-state index is 11.2. The minimum Gasteiger partial charge on any atom is -0.478 e. The van der Waals surface area contributed by atoms with E-state index in [0.717, 1.165) is 0 Å². The molecule has 0 unspecified atom stereocenters. The number of para-hydroxylation sites is 1. The summed E-state index contributed by atoms with van der Waals surface area (Å²) in [7, 11) is 0. The number of aliphatic hydroxyl groups excluding tert-OH is 3. The molecule has 4 N–H and O–H groups in total. The first kappa shape index (κ1) is 14.4. The quantitative estimate of drug-likeness (QED) is 0.598. The highest BCUT2D eigenvalue weighted by atomic mass is 16.4. The topological polar surface area (TPSA) is 116 Å². The summed E-state index contributed by atoms with van der Waals surface area (Å²) in [6.07, 6.45) is 0. The first-order chi connectivity index (χ1) is 9.50. The third kappa shape index (κ3) is 1.96. The number of aliphatic hydroxyl groups is 3. The normalized spacial score (nSPS) is 12.0. The summed E-state index contributed by atoms with van der Waals surface area (Å²) >= 11 is 0. The second kappa shape index (κ2) is 5.20. The Morgan fingerprint density at radius 2 is 1.85 bits per heavy atom. The van der Waals surface area contributed by atoms with Crippen molar-refractivity contribution in [2.24, 2.45) is 0 Å². The number of fused-ring (bicyclic) bond motifs is 1. The lowest BCUT2D eigenvalue weighted by Gasteiger charge is -2.31. The predicted molar refractivity (Wildman–Crippen MR) is 70.7 cm³/mol. The van der Waals surface area contributed by atoms with E-state index >= 15 is 0 Å². The lowest BCUT2D eigenvalue weighted by atomic mass is 10.0. The molecule has 7 nitrogen and oxygen atoms in total. The minimum absolute atomic E-state index is 0.0343. The number of nitrogens with zero attached hydrogens (tertiary/aromatic N) is 2. The summed E-state index contributed by atoms with van der Waals surface area (Å²) in [5, 5.41) is 37.7. The van der Waals surface area contributed by atoms with Crippen molar-refractivity contribution in [3.05, 3.63) is 29.6 Å². The number of aryl methyl sites for hydroxylation is 1. The first-order valence-corrected chi connectivity index (χ1v) is 6.05. The fourth-order valence-corrected chi connectivity index (χ4v) is 2.35. The number of aromatic carboxylic acids is 1. The standard InChI is InChI=1S/C13H16N2O5/c1-8-14-11-9(12(19)20)3-2-4-10(11)15(8)13(5-16,6-17)7-18/h2-4,16-18H,5-7H2,1H3,(H,19,20). The van der Waals surface area contributed by atoms with Crippen molar-refractivity contribution in [2.75, 3.05) is 19.8 Å². The van der Waals surface area contributed by atoms with Crippen LogP contribution in [-0.4, -0.2) is 55.8 Å². The van der Waals surface area contributed by atoms with Crippen LogP contribution in [0, 0.1) is 6.92 Å². The van der Waals surface area contributed by atoms with E-state index in [0.29, 0.717) is 11.3 Å². The van der Waals surface area contributed by atoms with Crippen LogP contribution in [0.1, 0.15) is 16.2 Å². The zero-order valence-electron chi connectivity index (χ0n) is 10.9. The van der Waals surface area contributed by atoms with Crippen molar-refractivity contribution in [2.45, 2.75) is 12.5 Å². The highest BCUT2D eigenvalue weighted by Crippen LogP contribution is 2.27. The molecule has 7 heteroatoms. The molecule has 1 aromatic heterocycles. The van der Waals surface area contributed by atoms with Crippen LogP contribution in [0.4, 0.5) is 0 Å². The van der Waals surface area contributed by atoms with Gasteiger partial charge in [-0.15, -0.1) is 0 Å². The van der Waals surface area contributed by atoms with E-state index in [9.17, 15) is 20.1 Å². The molecule has 0 bridgehead atoms. The summed E-state index contributed by atoms with van der Waals surface area (Å²) in [6, 6.07) is 4.62. The van der Waals surface area contributed by atoms with Gasteiger partial charge in [-0.1, -0.05) is 6.07 Å². The Morgan fingerprint density at radius 3 is 2.35 bits per heavy atom. The number of imidazole rings is 1. The molecule has 0 fully saturated rings.